The fourth-order valence-electron chi connectivity index (χ4n) is 4.60. The Morgan fingerprint density at radius 3 is 1.37 bits per heavy atom. The van der Waals surface area contributed by atoms with Crippen molar-refractivity contribution in [2.24, 2.45) is 23.7 Å². The zero-order chi connectivity index (χ0) is 13.8. The quantitative estimate of drug-likeness (QED) is 0.754. The van der Waals surface area contributed by atoms with E-state index < -0.39 is 0 Å². The van der Waals surface area contributed by atoms with Gasteiger partial charge in [0.2, 0.25) is 0 Å². The summed E-state index contributed by atoms with van der Waals surface area (Å²) in [6, 6.07) is 1.61. The fourth-order valence-corrected chi connectivity index (χ4v) is 4.60. The van der Waals surface area contributed by atoms with Crippen LogP contribution in [0.1, 0.15) is 79.1 Å². The molecule has 2 fully saturated rings. The summed E-state index contributed by atoms with van der Waals surface area (Å²) in [5.74, 6) is 3.53. The molecule has 0 heterocycles. The van der Waals surface area contributed by atoms with E-state index in [1.54, 1.807) is 0 Å². The Morgan fingerprint density at radius 2 is 1.00 bits per heavy atom. The highest BCUT2D eigenvalue weighted by molar-refractivity contribution is 4.90. The molecule has 1 nitrogen and oxygen atoms in total. The molecule has 4 unspecified atom stereocenters. The maximum absolute atomic E-state index is 4.12. The second-order valence-electron chi connectivity index (χ2n) is 7.76. The first kappa shape index (κ1) is 15.4. The molecule has 0 radical (unpaired) electrons. The molecule has 0 amide bonds. The van der Waals surface area contributed by atoms with Crippen LogP contribution in [0.2, 0.25) is 0 Å². The van der Waals surface area contributed by atoms with Crippen LogP contribution in [0.4, 0.5) is 0 Å². The first-order valence-corrected chi connectivity index (χ1v) is 8.85. The molecule has 0 spiro atoms. The molecule has 2 rings (SSSR count). The van der Waals surface area contributed by atoms with Crippen LogP contribution in [0, 0.1) is 23.7 Å². The lowest BCUT2D eigenvalue weighted by atomic mass is 9.74. The van der Waals surface area contributed by atoms with Crippen LogP contribution in [0.5, 0.6) is 0 Å². The van der Waals surface area contributed by atoms with Crippen molar-refractivity contribution in [3.8, 4) is 0 Å². The molecule has 0 bridgehead atoms. The van der Waals surface area contributed by atoms with Crippen molar-refractivity contribution < 1.29 is 0 Å². The van der Waals surface area contributed by atoms with E-state index in [0.717, 1.165) is 35.8 Å². The molecule has 19 heavy (non-hydrogen) atoms. The SMILES string of the molecule is CC(C)C1CCCCC1NC1CCCCC1C(C)C. The zero-order valence-corrected chi connectivity index (χ0v) is 13.6. The van der Waals surface area contributed by atoms with Gasteiger partial charge in [0.25, 0.3) is 0 Å². The van der Waals surface area contributed by atoms with Crippen molar-refractivity contribution in [1.82, 2.24) is 5.32 Å². The summed E-state index contributed by atoms with van der Waals surface area (Å²) in [6.45, 7) is 9.69. The van der Waals surface area contributed by atoms with Gasteiger partial charge in [-0.05, 0) is 49.4 Å². The van der Waals surface area contributed by atoms with Crippen LogP contribution in [0.3, 0.4) is 0 Å². The summed E-state index contributed by atoms with van der Waals surface area (Å²) in [6.07, 6.45) is 11.6. The highest BCUT2D eigenvalue weighted by atomic mass is 15.0. The van der Waals surface area contributed by atoms with Crippen LogP contribution in [-0.4, -0.2) is 12.1 Å². The topological polar surface area (TPSA) is 12.0 Å². The van der Waals surface area contributed by atoms with Gasteiger partial charge in [0.05, 0.1) is 0 Å². The van der Waals surface area contributed by atoms with Crippen molar-refractivity contribution >= 4 is 0 Å². The summed E-state index contributed by atoms with van der Waals surface area (Å²) < 4.78 is 0. The second kappa shape index (κ2) is 7.11. The zero-order valence-electron chi connectivity index (χ0n) is 13.6. The molecular formula is C18H35N. The maximum Gasteiger partial charge on any atom is 0.0100 e. The van der Waals surface area contributed by atoms with E-state index in [0.29, 0.717) is 0 Å². The highest BCUT2D eigenvalue weighted by Gasteiger charge is 2.33. The Morgan fingerprint density at radius 1 is 0.632 bits per heavy atom. The number of hydrogen-bond acceptors (Lipinski definition) is 1. The summed E-state index contributed by atoms with van der Waals surface area (Å²) in [7, 11) is 0. The van der Waals surface area contributed by atoms with Gasteiger partial charge in [0.15, 0.2) is 0 Å². The van der Waals surface area contributed by atoms with Gasteiger partial charge in [0, 0.05) is 12.1 Å². The Labute approximate surface area is 120 Å². The van der Waals surface area contributed by atoms with E-state index in [-0.39, 0.29) is 0 Å². The van der Waals surface area contributed by atoms with Crippen molar-refractivity contribution in [2.75, 3.05) is 0 Å². The molecular weight excluding hydrogens is 230 g/mol. The Hall–Kier alpha value is -0.0400. The summed E-state index contributed by atoms with van der Waals surface area (Å²) in [4.78, 5) is 0. The average Bonchev–Trinajstić information content (AvgIpc) is 2.39. The Balaban J connectivity index is 1.96. The van der Waals surface area contributed by atoms with Gasteiger partial charge in [-0.1, -0.05) is 53.4 Å². The molecule has 112 valence electrons. The summed E-state index contributed by atoms with van der Waals surface area (Å²) >= 11 is 0. The van der Waals surface area contributed by atoms with Gasteiger partial charge in [-0.25, -0.2) is 0 Å². The van der Waals surface area contributed by atoms with Gasteiger partial charge in [-0.15, -0.1) is 0 Å². The Bertz CT molecular complexity index is 232. The molecule has 2 saturated carbocycles. The normalized spacial score (nSPS) is 36.9. The van der Waals surface area contributed by atoms with Crippen molar-refractivity contribution in [3.05, 3.63) is 0 Å². The molecule has 0 saturated heterocycles. The van der Waals surface area contributed by atoms with E-state index in [9.17, 15) is 0 Å². The van der Waals surface area contributed by atoms with Gasteiger partial charge in [-0.3, -0.25) is 0 Å². The molecule has 2 aliphatic rings. The van der Waals surface area contributed by atoms with Crippen LogP contribution in [0.15, 0.2) is 0 Å². The first-order valence-electron chi connectivity index (χ1n) is 8.85. The average molecular weight is 265 g/mol. The highest BCUT2D eigenvalue weighted by Crippen LogP contribution is 2.34. The molecule has 4 atom stereocenters. The third-order valence-corrected chi connectivity index (χ3v) is 5.78. The minimum Gasteiger partial charge on any atom is -0.311 e. The molecule has 2 aliphatic carbocycles. The smallest absolute Gasteiger partial charge is 0.0100 e. The standard InChI is InChI=1S/C18H35N/c1-13(2)15-9-5-7-11-17(15)19-18-12-8-6-10-16(18)14(3)4/h13-19H,5-12H2,1-4H3. The van der Waals surface area contributed by atoms with E-state index in [1.807, 2.05) is 0 Å². The monoisotopic (exact) mass is 265 g/mol. The first-order chi connectivity index (χ1) is 9.09. The van der Waals surface area contributed by atoms with E-state index in [2.05, 4.69) is 33.0 Å². The number of nitrogens with one attached hydrogen (secondary N) is 1. The van der Waals surface area contributed by atoms with Crippen molar-refractivity contribution in [2.45, 2.75) is 91.1 Å². The van der Waals surface area contributed by atoms with Crippen LogP contribution >= 0.6 is 0 Å². The molecule has 1 N–H and O–H groups in total. The number of hydrogen-bond donors (Lipinski definition) is 1. The molecule has 0 aromatic rings. The molecule has 0 aromatic carbocycles. The Kier molecular flexibility index (Phi) is 5.74. The predicted molar refractivity (Wildman–Crippen MR) is 84.3 cm³/mol. The van der Waals surface area contributed by atoms with E-state index in [4.69, 9.17) is 0 Å². The predicted octanol–water partition coefficient (Wildman–Crippen LogP) is 5.01. The van der Waals surface area contributed by atoms with Crippen LogP contribution in [-0.2, 0) is 0 Å². The third kappa shape index (κ3) is 3.97. The van der Waals surface area contributed by atoms with Gasteiger partial charge >= 0.3 is 0 Å². The minimum absolute atomic E-state index is 0.804. The summed E-state index contributed by atoms with van der Waals surface area (Å²) in [5.41, 5.74) is 0. The van der Waals surface area contributed by atoms with Gasteiger partial charge < -0.3 is 5.32 Å². The molecule has 0 aliphatic heterocycles. The van der Waals surface area contributed by atoms with Crippen molar-refractivity contribution in [1.29, 1.82) is 0 Å². The van der Waals surface area contributed by atoms with Crippen molar-refractivity contribution in [3.63, 3.8) is 0 Å². The number of rotatable bonds is 4. The second-order valence-corrected chi connectivity index (χ2v) is 7.76. The largest absolute Gasteiger partial charge is 0.311 e. The minimum atomic E-state index is 0.804. The van der Waals surface area contributed by atoms with E-state index in [1.165, 1.54) is 51.4 Å². The van der Waals surface area contributed by atoms with Crippen LogP contribution in [0.25, 0.3) is 0 Å². The van der Waals surface area contributed by atoms with Gasteiger partial charge in [-0.2, -0.15) is 0 Å². The molecule has 0 aromatic heterocycles. The van der Waals surface area contributed by atoms with Crippen LogP contribution < -0.4 is 5.32 Å². The fraction of sp³-hybridized carbons (Fsp3) is 1.00. The molecule has 1 heteroatoms. The maximum atomic E-state index is 4.12. The lowest BCUT2D eigenvalue weighted by Gasteiger charge is -2.42. The third-order valence-electron chi connectivity index (χ3n) is 5.78. The lowest BCUT2D eigenvalue weighted by Crippen LogP contribution is -2.50. The van der Waals surface area contributed by atoms with E-state index >= 15 is 0 Å². The lowest BCUT2D eigenvalue weighted by molar-refractivity contribution is 0.137. The summed E-state index contributed by atoms with van der Waals surface area (Å²) in [5, 5.41) is 4.12. The van der Waals surface area contributed by atoms with Gasteiger partial charge in [0.1, 0.15) is 0 Å².